The summed E-state index contributed by atoms with van der Waals surface area (Å²) in [6.07, 6.45) is 0.665. The quantitative estimate of drug-likeness (QED) is 0.317. The summed E-state index contributed by atoms with van der Waals surface area (Å²) in [6, 6.07) is 18.6. The van der Waals surface area contributed by atoms with E-state index in [4.69, 9.17) is 0 Å². The molecule has 3 aromatic rings. The molecule has 0 saturated heterocycles. The molecule has 184 valence electrons. The third kappa shape index (κ3) is 6.75. The Morgan fingerprint density at radius 2 is 1.65 bits per heavy atom. The van der Waals surface area contributed by atoms with Gasteiger partial charge in [0.25, 0.3) is 5.91 Å². The zero-order chi connectivity index (χ0) is 23.8. The van der Waals surface area contributed by atoms with Crippen LogP contribution in [0.5, 0.6) is 0 Å². The molecule has 1 heterocycles. The first-order valence-electron chi connectivity index (χ1n) is 11.5. The maximum Gasteiger partial charge on any atom is 0.258 e. The Labute approximate surface area is 204 Å². The Balaban J connectivity index is 0.00000408. The summed E-state index contributed by atoms with van der Waals surface area (Å²) in [5.74, 6) is -0.276. The van der Waals surface area contributed by atoms with E-state index < -0.39 is 18.9 Å². The van der Waals surface area contributed by atoms with Crippen molar-refractivity contribution in [1.29, 1.82) is 0 Å². The summed E-state index contributed by atoms with van der Waals surface area (Å²) in [5, 5.41) is 22.9. The topological polar surface area (TPSA) is 74.5 Å². The number of hydrogen-bond donors (Lipinski definition) is 3. The van der Waals surface area contributed by atoms with Crippen LogP contribution >= 0.6 is 9.90 Å². The summed E-state index contributed by atoms with van der Waals surface area (Å²) in [6.45, 7) is 3.29. The van der Waals surface area contributed by atoms with Gasteiger partial charge in [-0.2, -0.15) is 9.90 Å². The molecule has 0 bridgehead atoms. The number of aliphatic hydroxyl groups is 2. The molecule has 5 nitrogen and oxygen atoms in total. The minimum absolute atomic E-state index is 0. The predicted molar refractivity (Wildman–Crippen MR) is 141 cm³/mol. The molecule has 0 spiro atoms. The van der Waals surface area contributed by atoms with Crippen LogP contribution in [0.2, 0.25) is 0 Å². The van der Waals surface area contributed by atoms with Gasteiger partial charge >= 0.3 is 0 Å². The molecule has 7 heteroatoms. The maximum absolute atomic E-state index is 14.5. The van der Waals surface area contributed by atoms with Gasteiger partial charge in [-0.05, 0) is 43.9 Å². The van der Waals surface area contributed by atoms with E-state index in [0.717, 1.165) is 17.7 Å². The lowest BCUT2D eigenvalue weighted by molar-refractivity contribution is 0.0819. The number of halogens is 1. The molecule has 3 rings (SSSR count). The number of carbonyl (C=O) groups is 1. The number of nitrogens with one attached hydrogen (secondary N) is 1. The van der Waals surface area contributed by atoms with Crippen molar-refractivity contribution < 1.29 is 19.4 Å². The van der Waals surface area contributed by atoms with Crippen molar-refractivity contribution in [3.05, 3.63) is 77.6 Å². The van der Waals surface area contributed by atoms with Crippen molar-refractivity contribution in [2.75, 3.05) is 5.32 Å². The fraction of sp³-hybridized carbons (Fsp3) is 0.370. The normalized spacial score (nSPS) is 12.6. The van der Waals surface area contributed by atoms with Crippen molar-refractivity contribution in [3.8, 4) is 11.1 Å². The van der Waals surface area contributed by atoms with Crippen molar-refractivity contribution in [1.82, 2.24) is 4.57 Å². The molecular formula is C27H36FN2O3P. The van der Waals surface area contributed by atoms with Crippen LogP contribution in [0.15, 0.2) is 60.7 Å². The minimum Gasteiger partial charge on any atom is -0.393 e. The van der Waals surface area contributed by atoms with Crippen LogP contribution in [0.3, 0.4) is 0 Å². The Hall–Kier alpha value is -2.53. The molecule has 0 aliphatic rings. The fourth-order valence-electron chi connectivity index (χ4n) is 4.29. The van der Waals surface area contributed by atoms with E-state index in [1.54, 1.807) is 6.92 Å². The second kappa shape index (κ2) is 13.4. The van der Waals surface area contributed by atoms with Crippen molar-refractivity contribution in [2.45, 2.75) is 65.0 Å². The lowest BCUT2D eigenvalue weighted by atomic mass is 9.98. The molecule has 3 atom stereocenters. The highest BCUT2D eigenvalue weighted by atomic mass is 31.0. The first-order valence-corrected chi connectivity index (χ1v) is 11.5. The van der Waals surface area contributed by atoms with E-state index in [2.05, 4.69) is 5.32 Å². The van der Waals surface area contributed by atoms with Crippen molar-refractivity contribution >= 4 is 21.5 Å². The maximum atomic E-state index is 14.5. The van der Waals surface area contributed by atoms with Gasteiger partial charge < -0.3 is 20.1 Å². The smallest absolute Gasteiger partial charge is 0.258 e. The van der Waals surface area contributed by atoms with Gasteiger partial charge in [-0.1, -0.05) is 61.9 Å². The zero-order valence-electron chi connectivity index (χ0n) is 20.0. The number of amides is 1. The number of carbonyl (C=O) groups excluding carboxylic acids is 1. The van der Waals surface area contributed by atoms with Gasteiger partial charge in [-0.15, -0.1) is 0 Å². The van der Waals surface area contributed by atoms with Crippen LogP contribution in [-0.2, 0) is 19.6 Å². The summed E-state index contributed by atoms with van der Waals surface area (Å²) in [5.41, 5.74) is 3.73. The van der Waals surface area contributed by atoms with Crippen LogP contribution < -0.4 is 5.32 Å². The third-order valence-electron chi connectivity index (χ3n) is 5.71. The first-order chi connectivity index (χ1) is 16.0. The Kier molecular flexibility index (Phi) is 10.9. The number of aliphatic hydroxyl groups excluding tert-OH is 2. The van der Waals surface area contributed by atoms with E-state index >= 15 is 0 Å². The average molecular weight is 487 g/mol. The summed E-state index contributed by atoms with van der Waals surface area (Å²) in [4.78, 5) is 13.5. The molecule has 1 unspecified atom stereocenters. The number of nitrogens with zero attached hydrogens (tertiary/aromatic N) is 1. The van der Waals surface area contributed by atoms with Gasteiger partial charge in [0.1, 0.15) is 6.67 Å². The van der Waals surface area contributed by atoms with E-state index in [-0.39, 0.29) is 22.2 Å². The molecule has 34 heavy (non-hydrogen) atoms. The highest BCUT2D eigenvalue weighted by Gasteiger charge is 2.28. The molecule has 1 aromatic heterocycles. The standard InChI is InChI=1S/C27H33FN2O3.H3P/c1-3-10-23-26(27(33)29-21-13-8-5-9-14-21)25(20-11-6-4-7-12-20)24(18-28)30(23)16-15-22(32)17-19(2)31;/h4-9,11-14,19,22,31-32H,3,10,15-18H2,1-2H3,(H,29,33);1H3/t19-,22+;/m1./s1. The second-order valence-corrected chi connectivity index (χ2v) is 8.39. The van der Waals surface area contributed by atoms with Gasteiger partial charge in [0.2, 0.25) is 0 Å². The zero-order valence-corrected chi connectivity index (χ0v) is 21.4. The number of aromatic nitrogens is 1. The van der Waals surface area contributed by atoms with Gasteiger partial charge in [-0.3, -0.25) is 4.79 Å². The Bertz CT molecular complexity index is 1040. The molecule has 0 aliphatic heterocycles. The van der Waals surface area contributed by atoms with Crippen LogP contribution in [-0.4, -0.2) is 32.9 Å². The third-order valence-corrected chi connectivity index (χ3v) is 5.71. The Morgan fingerprint density at radius 3 is 2.21 bits per heavy atom. The van der Waals surface area contributed by atoms with Crippen molar-refractivity contribution in [3.63, 3.8) is 0 Å². The minimum atomic E-state index is -0.730. The summed E-state index contributed by atoms with van der Waals surface area (Å²) in [7, 11) is 0. The van der Waals surface area contributed by atoms with E-state index in [1.165, 1.54) is 0 Å². The second-order valence-electron chi connectivity index (χ2n) is 8.39. The van der Waals surface area contributed by atoms with E-state index in [9.17, 15) is 19.4 Å². The molecule has 3 N–H and O–H groups in total. The molecular weight excluding hydrogens is 450 g/mol. The molecule has 0 aliphatic carbocycles. The lowest BCUT2D eigenvalue weighted by Gasteiger charge is -2.17. The van der Waals surface area contributed by atoms with E-state index in [0.29, 0.717) is 41.9 Å². The monoisotopic (exact) mass is 486 g/mol. The first kappa shape index (κ1) is 27.7. The molecule has 1 amide bonds. The van der Waals surface area contributed by atoms with E-state index in [1.807, 2.05) is 72.2 Å². The number of benzene rings is 2. The van der Waals surface area contributed by atoms with Gasteiger partial charge in [0.05, 0.1) is 23.5 Å². The SMILES string of the molecule is CCCc1c(C(=O)Nc2ccccc2)c(-c2ccccc2)c(CF)n1CC[C@H](O)C[C@@H](C)O.P. The highest BCUT2D eigenvalue weighted by molar-refractivity contribution is 6.92. The van der Waals surface area contributed by atoms with Gasteiger partial charge in [0, 0.05) is 23.5 Å². The molecule has 2 aromatic carbocycles. The fourth-order valence-corrected chi connectivity index (χ4v) is 4.29. The van der Waals surface area contributed by atoms with Crippen LogP contribution in [0.4, 0.5) is 10.1 Å². The number of hydrogen-bond acceptors (Lipinski definition) is 3. The summed E-state index contributed by atoms with van der Waals surface area (Å²) >= 11 is 0. The molecule has 0 radical (unpaired) electrons. The van der Waals surface area contributed by atoms with Crippen LogP contribution in [0.25, 0.3) is 11.1 Å². The number of para-hydroxylation sites is 1. The van der Waals surface area contributed by atoms with Crippen molar-refractivity contribution in [2.24, 2.45) is 0 Å². The average Bonchev–Trinajstić information content (AvgIpc) is 3.12. The van der Waals surface area contributed by atoms with Gasteiger partial charge in [-0.25, -0.2) is 4.39 Å². The lowest BCUT2D eigenvalue weighted by Crippen LogP contribution is -2.19. The molecule has 0 saturated carbocycles. The number of rotatable bonds is 11. The predicted octanol–water partition coefficient (Wildman–Crippen LogP) is 5.41. The molecule has 0 fully saturated rings. The largest absolute Gasteiger partial charge is 0.393 e. The number of anilines is 1. The summed E-state index contributed by atoms with van der Waals surface area (Å²) < 4.78 is 16.4. The van der Waals surface area contributed by atoms with Crippen LogP contribution in [0, 0.1) is 0 Å². The highest BCUT2D eigenvalue weighted by Crippen LogP contribution is 2.35. The number of alkyl halides is 1. The van der Waals surface area contributed by atoms with Gasteiger partial charge in [0.15, 0.2) is 0 Å². The van der Waals surface area contributed by atoms with Crippen LogP contribution in [0.1, 0.15) is 54.9 Å². The Morgan fingerprint density at radius 1 is 1.03 bits per heavy atom.